The molecule has 1 amide bonds. The third-order valence-corrected chi connectivity index (χ3v) is 3.42. The van der Waals surface area contributed by atoms with Gasteiger partial charge >= 0.3 is 6.16 Å². The van der Waals surface area contributed by atoms with Crippen LogP contribution < -0.4 is 14.8 Å². The van der Waals surface area contributed by atoms with Crippen molar-refractivity contribution in [2.45, 2.75) is 38.1 Å². The van der Waals surface area contributed by atoms with Crippen molar-refractivity contribution in [2.24, 2.45) is 0 Å². The smallest absolute Gasteiger partial charge is 0.491 e. The molecule has 1 fully saturated rings. The van der Waals surface area contributed by atoms with Gasteiger partial charge in [-0.1, -0.05) is 19.3 Å². The van der Waals surface area contributed by atoms with E-state index in [-0.39, 0.29) is 23.6 Å². The first-order valence-corrected chi connectivity index (χ1v) is 6.86. The highest BCUT2D eigenvalue weighted by atomic mass is 16.7. The largest absolute Gasteiger partial charge is 0.512 e. The molecule has 0 radical (unpaired) electrons. The normalized spacial score (nSPS) is 15.3. The Labute approximate surface area is 122 Å². The van der Waals surface area contributed by atoms with Crippen LogP contribution >= 0.6 is 0 Å². The van der Waals surface area contributed by atoms with Gasteiger partial charge < -0.3 is 19.9 Å². The Balaban J connectivity index is 2.08. The molecule has 2 rings (SSSR count). The number of rotatable bonds is 4. The second kappa shape index (κ2) is 6.92. The summed E-state index contributed by atoms with van der Waals surface area (Å²) in [6, 6.07) is 1.61. The summed E-state index contributed by atoms with van der Waals surface area (Å²) in [6.45, 7) is 0. The minimum absolute atomic E-state index is 0.105. The van der Waals surface area contributed by atoms with Gasteiger partial charge in [-0.05, 0) is 12.8 Å². The Morgan fingerprint density at radius 1 is 1.33 bits per heavy atom. The third-order valence-electron chi connectivity index (χ3n) is 3.42. The Morgan fingerprint density at radius 3 is 2.67 bits per heavy atom. The molecule has 21 heavy (non-hydrogen) atoms. The maximum absolute atomic E-state index is 12.2. The molecule has 1 aliphatic rings. The Kier molecular flexibility index (Phi) is 4.97. The Bertz CT molecular complexity index is 526. The zero-order valence-corrected chi connectivity index (χ0v) is 11.8. The molecular formula is C14H18N2O5. The number of nitrogens with one attached hydrogen (secondary N) is 1. The number of hydrogen-bond acceptors (Lipinski definition) is 5. The lowest BCUT2D eigenvalue weighted by Gasteiger charge is -2.22. The van der Waals surface area contributed by atoms with E-state index in [1.54, 1.807) is 0 Å². The van der Waals surface area contributed by atoms with Crippen molar-refractivity contribution >= 4 is 12.1 Å². The summed E-state index contributed by atoms with van der Waals surface area (Å²) >= 11 is 0. The molecular weight excluding hydrogens is 276 g/mol. The summed E-state index contributed by atoms with van der Waals surface area (Å²) in [5.41, 5.74) is 0.315. The first kappa shape index (κ1) is 15.1. The van der Waals surface area contributed by atoms with E-state index in [1.807, 2.05) is 0 Å². The summed E-state index contributed by atoms with van der Waals surface area (Å²) in [5.74, 6) is -0.317. The van der Waals surface area contributed by atoms with Crippen molar-refractivity contribution in [3.8, 4) is 11.6 Å². The zero-order valence-electron chi connectivity index (χ0n) is 11.8. The van der Waals surface area contributed by atoms with Gasteiger partial charge in [-0.25, -0.2) is 9.78 Å². The van der Waals surface area contributed by atoms with Gasteiger partial charge in [0.2, 0.25) is 0 Å². The molecule has 0 spiro atoms. The number of nitrogens with zero attached hydrogens (tertiary/aromatic N) is 1. The number of aromatic nitrogens is 1. The highest BCUT2D eigenvalue weighted by Crippen LogP contribution is 2.25. The number of methoxy groups -OCH3 is 1. The molecule has 0 unspecified atom stereocenters. The topological polar surface area (TPSA) is 97.8 Å². The van der Waals surface area contributed by atoms with E-state index in [0.717, 1.165) is 25.7 Å². The zero-order chi connectivity index (χ0) is 15.2. The summed E-state index contributed by atoms with van der Waals surface area (Å²) < 4.78 is 9.47. The average Bonchev–Trinajstić information content (AvgIpc) is 2.48. The van der Waals surface area contributed by atoms with E-state index in [4.69, 9.17) is 9.84 Å². The summed E-state index contributed by atoms with van der Waals surface area (Å²) in [6.07, 6.45) is 5.21. The van der Waals surface area contributed by atoms with Crippen molar-refractivity contribution in [2.75, 3.05) is 7.11 Å². The van der Waals surface area contributed by atoms with Gasteiger partial charge in [0.05, 0.1) is 12.7 Å². The van der Waals surface area contributed by atoms with Crippen molar-refractivity contribution < 1.29 is 24.2 Å². The summed E-state index contributed by atoms with van der Waals surface area (Å²) in [7, 11) is 1.36. The number of carbonyl (C=O) groups is 2. The quantitative estimate of drug-likeness (QED) is 0.826. The van der Waals surface area contributed by atoms with E-state index < -0.39 is 6.16 Å². The number of carbonyl (C=O) groups excluding carboxylic acids is 1. The van der Waals surface area contributed by atoms with Crippen molar-refractivity contribution in [3.05, 3.63) is 17.8 Å². The molecule has 7 nitrogen and oxygen atoms in total. The van der Waals surface area contributed by atoms with Crippen LogP contribution in [0.25, 0.3) is 0 Å². The van der Waals surface area contributed by atoms with Crippen LogP contribution in [0, 0.1) is 0 Å². The lowest BCUT2D eigenvalue weighted by atomic mass is 9.95. The Morgan fingerprint density at radius 2 is 2.05 bits per heavy atom. The van der Waals surface area contributed by atoms with Crippen molar-refractivity contribution in [1.29, 1.82) is 0 Å². The third kappa shape index (κ3) is 4.08. The molecule has 0 bridgehead atoms. The van der Waals surface area contributed by atoms with E-state index in [9.17, 15) is 9.59 Å². The van der Waals surface area contributed by atoms with Gasteiger partial charge in [0.25, 0.3) is 11.8 Å². The minimum Gasteiger partial charge on any atom is -0.491 e. The highest BCUT2D eigenvalue weighted by molar-refractivity contribution is 5.94. The standard InChI is InChI=1S/C14H18N2O5/c1-20-11-7-9(8-15-13(11)21-14(18)19)12(17)16-10-5-3-2-4-6-10/h7-8,10H,2-6H2,1H3,(H,16,17)(H,18,19). The SMILES string of the molecule is COc1cc(C(=O)NC2CCCCC2)cnc1OC(=O)O. The maximum Gasteiger partial charge on any atom is 0.512 e. The number of pyridine rings is 1. The van der Waals surface area contributed by atoms with Crippen molar-refractivity contribution in [3.63, 3.8) is 0 Å². The van der Waals surface area contributed by atoms with Gasteiger partial charge in [0, 0.05) is 18.3 Å². The predicted molar refractivity (Wildman–Crippen MR) is 73.8 cm³/mol. The molecule has 0 atom stereocenters. The summed E-state index contributed by atoms with van der Waals surface area (Å²) in [5, 5.41) is 11.5. The van der Waals surface area contributed by atoms with E-state index in [2.05, 4.69) is 15.0 Å². The predicted octanol–water partition coefficient (Wildman–Crippen LogP) is 2.21. The number of carboxylic acid groups (broad SMARTS) is 1. The minimum atomic E-state index is -1.49. The fourth-order valence-corrected chi connectivity index (χ4v) is 2.38. The Hall–Kier alpha value is -2.31. The van der Waals surface area contributed by atoms with Crippen LogP contribution in [-0.2, 0) is 0 Å². The maximum atomic E-state index is 12.2. The fourth-order valence-electron chi connectivity index (χ4n) is 2.38. The van der Waals surface area contributed by atoms with Gasteiger partial charge in [-0.2, -0.15) is 0 Å². The molecule has 0 aliphatic heterocycles. The first-order valence-electron chi connectivity index (χ1n) is 6.86. The van der Waals surface area contributed by atoms with E-state index in [1.165, 1.54) is 25.8 Å². The second-order valence-electron chi connectivity index (χ2n) is 4.91. The molecule has 1 aromatic heterocycles. The average molecular weight is 294 g/mol. The highest BCUT2D eigenvalue weighted by Gasteiger charge is 2.19. The molecule has 0 saturated heterocycles. The molecule has 7 heteroatoms. The van der Waals surface area contributed by atoms with Crippen LogP contribution in [0.1, 0.15) is 42.5 Å². The molecule has 2 N–H and O–H groups in total. The molecule has 1 saturated carbocycles. The van der Waals surface area contributed by atoms with E-state index in [0.29, 0.717) is 5.56 Å². The number of amides is 1. The van der Waals surface area contributed by atoms with Crippen LogP contribution in [0.5, 0.6) is 11.6 Å². The molecule has 1 heterocycles. The second-order valence-corrected chi connectivity index (χ2v) is 4.91. The van der Waals surface area contributed by atoms with Crippen LogP contribution in [-0.4, -0.2) is 35.3 Å². The monoisotopic (exact) mass is 294 g/mol. The van der Waals surface area contributed by atoms with Crippen LogP contribution in [0.3, 0.4) is 0 Å². The number of hydrogen-bond donors (Lipinski definition) is 2. The fraction of sp³-hybridized carbons (Fsp3) is 0.500. The van der Waals surface area contributed by atoms with Gasteiger partial charge in [0.15, 0.2) is 5.75 Å². The molecule has 1 aliphatic carbocycles. The van der Waals surface area contributed by atoms with Crippen molar-refractivity contribution in [1.82, 2.24) is 10.3 Å². The van der Waals surface area contributed by atoms with Gasteiger partial charge in [-0.3, -0.25) is 4.79 Å². The van der Waals surface area contributed by atoms with Gasteiger partial charge in [0.1, 0.15) is 0 Å². The van der Waals surface area contributed by atoms with Crippen LogP contribution in [0.2, 0.25) is 0 Å². The first-order chi connectivity index (χ1) is 10.1. The van der Waals surface area contributed by atoms with Crippen LogP contribution in [0.4, 0.5) is 4.79 Å². The van der Waals surface area contributed by atoms with E-state index >= 15 is 0 Å². The number of ether oxygens (including phenoxy) is 2. The molecule has 0 aromatic carbocycles. The van der Waals surface area contributed by atoms with Crippen LogP contribution in [0.15, 0.2) is 12.3 Å². The lowest BCUT2D eigenvalue weighted by molar-refractivity contribution is 0.0927. The lowest BCUT2D eigenvalue weighted by Crippen LogP contribution is -2.36. The van der Waals surface area contributed by atoms with Gasteiger partial charge in [-0.15, -0.1) is 0 Å². The molecule has 114 valence electrons. The molecule has 1 aromatic rings. The summed E-state index contributed by atoms with van der Waals surface area (Å²) in [4.78, 5) is 26.5.